The molecule has 0 saturated heterocycles. The van der Waals surface area contributed by atoms with Crippen molar-refractivity contribution in [3.63, 3.8) is 0 Å². The lowest BCUT2D eigenvalue weighted by atomic mass is 10.0. The molecule has 1 aromatic carbocycles. The van der Waals surface area contributed by atoms with Crippen molar-refractivity contribution in [3.05, 3.63) is 53.3 Å². The molecule has 0 bridgehead atoms. The number of benzene rings is 1. The Bertz CT molecular complexity index is 554. The largest absolute Gasteiger partial charge is 0.388 e. The molecule has 86 valence electrons. The maximum atomic E-state index is 10.0. The normalized spacial score (nSPS) is 12.1. The number of hydrogen-bond acceptors (Lipinski definition) is 3. The van der Waals surface area contributed by atoms with E-state index in [1.54, 1.807) is 22.9 Å². The second kappa shape index (κ2) is 4.81. The van der Waals surface area contributed by atoms with Crippen LogP contribution in [-0.4, -0.2) is 14.9 Å². The van der Waals surface area contributed by atoms with E-state index in [-0.39, 0.29) is 0 Å². The Balaban J connectivity index is 2.14. The van der Waals surface area contributed by atoms with E-state index in [0.717, 1.165) is 11.3 Å². The van der Waals surface area contributed by atoms with Crippen molar-refractivity contribution in [3.8, 4) is 6.07 Å². The summed E-state index contributed by atoms with van der Waals surface area (Å²) >= 11 is 0. The number of aliphatic hydroxyl groups excluding tert-OH is 1. The second-order valence-electron chi connectivity index (χ2n) is 3.94. The maximum Gasteiger partial charge on any atom is 0.0991 e. The van der Waals surface area contributed by atoms with E-state index in [0.29, 0.717) is 12.0 Å². The van der Waals surface area contributed by atoms with Gasteiger partial charge in [0.2, 0.25) is 0 Å². The Morgan fingerprint density at radius 2 is 2.29 bits per heavy atom. The van der Waals surface area contributed by atoms with Crippen LogP contribution in [0.15, 0.2) is 36.5 Å². The molecule has 0 amide bonds. The summed E-state index contributed by atoms with van der Waals surface area (Å²) in [7, 11) is 1.84. The molecule has 0 saturated carbocycles. The molecule has 4 nitrogen and oxygen atoms in total. The van der Waals surface area contributed by atoms with E-state index in [1.165, 1.54) is 0 Å². The van der Waals surface area contributed by atoms with Gasteiger partial charge in [0.25, 0.3) is 0 Å². The van der Waals surface area contributed by atoms with Crippen LogP contribution in [0.1, 0.15) is 22.9 Å². The van der Waals surface area contributed by atoms with Gasteiger partial charge in [-0.25, -0.2) is 0 Å². The highest BCUT2D eigenvalue weighted by Crippen LogP contribution is 2.18. The Morgan fingerprint density at radius 3 is 2.94 bits per heavy atom. The van der Waals surface area contributed by atoms with E-state index in [2.05, 4.69) is 11.2 Å². The minimum atomic E-state index is -0.627. The number of hydrogen-bond donors (Lipinski definition) is 1. The summed E-state index contributed by atoms with van der Waals surface area (Å²) in [6.07, 6.45) is 1.67. The molecular weight excluding hydrogens is 214 g/mol. The summed E-state index contributed by atoms with van der Waals surface area (Å²) in [4.78, 5) is 0. The molecule has 1 heterocycles. The number of aryl methyl sites for hydroxylation is 1. The molecule has 2 rings (SSSR count). The fraction of sp³-hybridized carbons (Fsp3) is 0.231. The van der Waals surface area contributed by atoms with Gasteiger partial charge < -0.3 is 5.11 Å². The zero-order valence-electron chi connectivity index (χ0n) is 9.54. The molecular formula is C13H13N3O. The molecule has 0 radical (unpaired) electrons. The van der Waals surface area contributed by atoms with E-state index in [4.69, 9.17) is 5.26 Å². The first-order chi connectivity index (χ1) is 8.19. The van der Waals surface area contributed by atoms with Crippen LogP contribution in [0, 0.1) is 11.3 Å². The SMILES string of the molecule is Cn1ccc(CC(O)c2cccc(C#N)c2)n1. The predicted octanol–water partition coefficient (Wildman–Crippen LogP) is 1.57. The average Bonchev–Trinajstić information content (AvgIpc) is 2.75. The molecule has 0 aliphatic rings. The van der Waals surface area contributed by atoms with Gasteiger partial charge in [0.1, 0.15) is 0 Å². The second-order valence-corrected chi connectivity index (χ2v) is 3.94. The molecule has 0 fully saturated rings. The van der Waals surface area contributed by atoms with Gasteiger partial charge >= 0.3 is 0 Å². The zero-order valence-corrected chi connectivity index (χ0v) is 9.54. The fourth-order valence-electron chi connectivity index (χ4n) is 1.70. The van der Waals surface area contributed by atoms with Crippen molar-refractivity contribution >= 4 is 0 Å². The third-order valence-corrected chi connectivity index (χ3v) is 2.57. The Hall–Kier alpha value is -2.12. The Kier molecular flexibility index (Phi) is 3.22. The van der Waals surface area contributed by atoms with E-state index < -0.39 is 6.10 Å². The molecule has 1 unspecified atom stereocenters. The highest BCUT2D eigenvalue weighted by atomic mass is 16.3. The highest BCUT2D eigenvalue weighted by Gasteiger charge is 2.10. The van der Waals surface area contributed by atoms with Crippen molar-refractivity contribution < 1.29 is 5.11 Å². The minimum Gasteiger partial charge on any atom is -0.388 e. The highest BCUT2D eigenvalue weighted by molar-refractivity contribution is 5.34. The van der Waals surface area contributed by atoms with E-state index in [9.17, 15) is 5.11 Å². The lowest BCUT2D eigenvalue weighted by Gasteiger charge is -2.09. The zero-order chi connectivity index (χ0) is 12.3. The maximum absolute atomic E-state index is 10.0. The molecule has 2 aromatic rings. The van der Waals surface area contributed by atoms with Gasteiger partial charge in [-0.1, -0.05) is 12.1 Å². The number of rotatable bonds is 3. The molecule has 1 N–H and O–H groups in total. The number of aliphatic hydroxyl groups is 1. The van der Waals surface area contributed by atoms with Gasteiger partial charge in [0.15, 0.2) is 0 Å². The fourth-order valence-corrected chi connectivity index (χ4v) is 1.70. The van der Waals surface area contributed by atoms with Crippen LogP contribution in [0.5, 0.6) is 0 Å². The van der Waals surface area contributed by atoms with Crippen LogP contribution in [0.3, 0.4) is 0 Å². The standard InChI is InChI=1S/C13H13N3O/c1-16-6-5-12(15-16)8-13(17)11-4-2-3-10(7-11)9-14/h2-7,13,17H,8H2,1H3. The predicted molar refractivity (Wildman–Crippen MR) is 63.0 cm³/mol. The lowest BCUT2D eigenvalue weighted by Crippen LogP contribution is -2.03. The van der Waals surface area contributed by atoms with E-state index in [1.807, 2.05) is 25.4 Å². The van der Waals surface area contributed by atoms with Crippen molar-refractivity contribution in [2.24, 2.45) is 7.05 Å². The van der Waals surface area contributed by atoms with Crippen molar-refractivity contribution in [2.75, 3.05) is 0 Å². The smallest absolute Gasteiger partial charge is 0.0991 e. The number of nitrogens with zero attached hydrogens (tertiary/aromatic N) is 3. The molecule has 0 spiro atoms. The van der Waals surface area contributed by atoms with Crippen LogP contribution >= 0.6 is 0 Å². The van der Waals surface area contributed by atoms with Crippen molar-refractivity contribution in [1.29, 1.82) is 5.26 Å². The third kappa shape index (κ3) is 2.71. The van der Waals surface area contributed by atoms with Gasteiger partial charge in [-0.2, -0.15) is 10.4 Å². The van der Waals surface area contributed by atoms with Gasteiger partial charge in [-0.3, -0.25) is 4.68 Å². The van der Waals surface area contributed by atoms with Crippen LogP contribution in [0.25, 0.3) is 0 Å². The topological polar surface area (TPSA) is 61.8 Å². The summed E-state index contributed by atoms with van der Waals surface area (Å²) in [5.41, 5.74) is 2.14. The monoisotopic (exact) mass is 227 g/mol. The van der Waals surface area contributed by atoms with Gasteiger partial charge in [0, 0.05) is 19.7 Å². The van der Waals surface area contributed by atoms with Gasteiger partial charge in [-0.15, -0.1) is 0 Å². The molecule has 1 aromatic heterocycles. The van der Waals surface area contributed by atoms with Gasteiger partial charge in [0.05, 0.1) is 23.4 Å². The van der Waals surface area contributed by atoms with Crippen LogP contribution in [-0.2, 0) is 13.5 Å². The quantitative estimate of drug-likeness (QED) is 0.865. The van der Waals surface area contributed by atoms with E-state index >= 15 is 0 Å². The lowest BCUT2D eigenvalue weighted by molar-refractivity contribution is 0.177. The Morgan fingerprint density at radius 1 is 1.47 bits per heavy atom. The summed E-state index contributed by atoms with van der Waals surface area (Å²) in [5.74, 6) is 0. The molecule has 1 atom stereocenters. The number of aromatic nitrogens is 2. The van der Waals surface area contributed by atoms with Crippen molar-refractivity contribution in [1.82, 2.24) is 9.78 Å². The average molecular weight is 227 g/mol. The van der Waals surface area contributed by atoms with Crippen LogP contribution in [0.2, 0.25) is 0 Å². The summed E-state index contributed by atoms with van der Waals surface area (Å²) < 4.78 is 1.70. The number of nitriles is 1. The first kappa shape index (κ1) is 11.4. The first-order valence-corrected chi connectivity index (χ1v) is 5.35. The third-order valence-electron chi connectivity index (χ3n) is 2.57. The molecule has 0 aliphatic carbocycles. The summed E-state index contributed by atoms with van der Waals surface area (Å²) in [6, 6.07) is 10.9. The Labute approximate surface area is 99.7 Å². The van der Waals surface area contributed by atoms with Crippen LogP contribution < -0.4 is 0 Å². The summed E-state index contributed by atoms with van der Waals surface area (Å²) in [5, 5.41) is 23.0. The summed E-state index contributed by atoms with van der Waals surface area (Å²) in [6.45, 7) is 0. The van der Waals surface area contributed by atoms with Crippen LogP contribution in [0.4, 0.5) is 0 Å². The van der Waals surface area contributed by atoms with Gasteiger partial charge in [-0.05, 0) is 23.8 Å². The minimum absolute atomic E-state index is 0.454. The molecule has 4 heteroatoms. The first-order valence-electron chi connectivity index (χ1n) is 5.35. The molecule has 17 heavy (non-hydrogen) atoms. The molecule has 0 aliphatic heterocycles. The van der Waals surface area contributed by atoms with Crippen molar-refractivity contribution in [2.45, 2.75) is 12.5 Å².